The van der Waals surface area contributed by atoms with E-state index in [0.717, 1.165) is 5.56 Å². The predicted molar refractivity (Wildman–Crippen MR) is 99.5 cm³/mol. The van der Waals surface area contributed by atoms with E-state index >= 15 is 0 Å². The number of furan rings is 1. The number of carbonyl (C=O) groups excluding carboxylic acids is 1. The first-order valence-electron chi connectivity index (χ1n) is 7.28. The van der Waals surface area contributed by atoms with Crippen LogP contribution in [0.4, 0.5) is 11.4 Å². The van der Waals surface area contributed by atoms with Crippen molar-refractivity contribution in [3.8, 4) is 17.1 Å². The fourth-order valence-corrected chi connectivity index (χ4v) is 2.68. The monoisotopic (exact) mass is 376 g/mol. The Hall–Kier alpha value is -2.63. The number of nitrogens with one attached hydrogen (secondary N) is 1. The molecule has 3 aromatic rings. The van der Waals surface area contributed by atoms with E-state index in [9.17, 15) is 4.79 Å². The normalized spacial score (nSPS) is 10.5. The van der Waals surface area contributed by atoms with Crippen molar-refractivity contribution in [1.82, 2.24) is 0 Å². The van der Waals surface area contributed by atoms with Gasteiger partial charge in [0.15, 0.2) is 5.76 Å². The number of amides is 1. The number of halogens is 2. The number of methoxy groups -OCH3 is 1. The number of hydrogen-bond donors (Lipinski definition) is 2. The van der Waals surface area contributed by atoms with Crippen LogP contribution in [0.2, 0.25) is 10.0 Å². The molecule has 2 aromatic carbocycles. The van der Waals surface area contributed by atoms with Gasteiger partial charge in [0.25, 0.3) is 5.91 Å². The summed E-state index contributed by atoms with van der Waals surface area (Å²) in [7, 11) is 1.46. The predicted octanol–water partition coefficient (Wildman–Crippen LogP) is 5.10. The molecule has 7 heteroatoms. The minimum Gasteiger partial charge on any atom is -0.494 e. The smallest absolute Gasteiger partial charge is 0.291 e. The van der Waals surface area contributed by atoms with E-state index in [2.05, 4.69) is 5.32 Å². The van der Waals surface area contributed by atoms with Crippen LogP contribution in [0, 0.1) is 0 Å². The van der Waals surface area contributed by atoms with Crippen LogP contribution < -0.4 is 15.8 Å². The number of nitrogen functional groups attached to an aromatic ring is 1. The second kappa shape index (κ2) is 7.09. The molecule has 0 aliphatic heterocycles. The van der Waals surface area contributed by atoms with Crippen molar-refractivity contribution >= 4 is 40.5 Å². The highest BCUT2D eigenvalue weighted by Crippen LogP contribution is 2.35. The van der Waals surface area contributed by atoms with Crippen LogP contribution in [0.5, 0.6) is 5.75 Å². The van der Waals surface area contributed by atoms with E-state index < -0.39 is 5.91 Å². The molecule has 0 unspecified atom stereocenters. The molecule has 25 heavy (non-hydrogen) atoms. The van der Waals surface area contributed by atoms with Crippen molar-refractivity contribution in [3.63, 3.8) is 0 Å². The summed E-state index contributed by atoms with van der Waals surface area (Å²) in [5.74, 6) is 0.602. The minimum atomic E-state index is -0.454. The molecule has 0 aliphatic carbocycles. The molecule has 3 rings (SSSR count). The quantitative estimate of drug-likeness (QED) is 0.621. The summed E-state index contributed by atoms with van der Waals surface area (Å²) in [5, 5.41) is 3.58. The summed E-state index contributed by atoms with van der Waals surface area (Å²) in [6.45, 7) is 0. The number of anilines is 2. The van der Waals surface area contributed by atoms with Crippen molar-refractivity contribution in [1.29, 1.82) is 0 Å². The summed E-state index contributed by atoms with van der Waals surface area (Å²) in [6, 6.07) is 13.5. The van der Waals surface area contributed by atoms with Gasteiger partial charge in [-0.3, -0.25) is 4.79 Å². The van der Waals surface area contributed by atoms with Gasteiger partial charge in [0, 0.05) is 22.3 Å². The van der Waals surface area contributed by atoms with Crippen molar-refractivity contribution in [3.05, 3.63) is 64.3 Å². The maximum Gasteiger partial charge on any atom is 0.291 e. The van der Waals surface area contributed by atoms with Gasteiger partial charge in [0.05, 0.1) is 12.1 Å². The molecule has 1 heterocycles. The van der Waals surface area contributed by atoms with E-state index in [4.69, 9.17) is 38.1 Å². The third kappa shape index (κ3) is 3.73. The van der Waals surface area contributed by atoms with Crippen molar-refractivity contribution < 1.29 is 13.9 Å². The fourth-order valence-electron chi connectivity index (χ4n) is 2.29. The van der Waals surface area contributed by atoms with Crippen molar-refractivity contribution in [2.75, 3.05) is 18.2 Å². The van der Waals surface area contributed by atoms with E-state index in [0.29, 0.717) is 27.9 Å². The maximum absolute atomic E-state index is 12.4. The van der Waals surface area contributed by atoms with Crippen molar-refractivity contribution in [2.45, 2.75) is 0 Å². The maximum atomic E-state index is 12.4. The molecule has 0 bridgehead atoms. The van der Waals surface area contributed by atoms with Crippen LogP contribution in [0.15, 0.2) is 52.9 Å². The minimum absolute atomic E-state index is 0.139. The van der Waals surface area contributed by atoms with Gasteiger partial charge in [0.2, 0.25) is 0 Å². The van der Waals surface area contributed by atoms with E-state index in [1.54, 1.807) is 30.3 Å². The molecule has 0 spiro atoms. The Bertz CT molecular complexity index is 921. The Kier molecular flexibility index (Phi) is 4.88. The number of ether oxygens (including phenoxy) is 1. The lowest BCUT2D eigenvalue weighted by atomic mass is 10.2. The Morgan fingerprint density at radius 1 is 1.12 bits per heavy atom. The Morgan fingerprint density at radius 3 is 2.52 bits per heavy atom. The first-order chi connectivity index (χ1) is 12.0. The van der Waals surface area contributed by atoms with Crippen LogP contribution in [-0.4, -0.2) is 13.0 Å². The molecule has 0 aliphatic rings. The zero-order valence-corrected chi connectivity index (χ0v) is 14.7. The van der Waals surface area contributed by atoms with Gasteiger partial charge in [-0.15, -0.1) is 0 Å². The highest BCUT2D eigenvalue weighted by Gasteiger charge is 2.17. The average molecular weight is 377 g/mol. The summed E-state index contributed by atoms with van der Waals surface area (Å²) >= 11 is 12.0. The Labute approximate surface area is 154 Å². The second-order valence-corrected chi connectivity index (χ2v) is 6.05. The first-order valence-corrected chi connectivity index (χ1v) is 8.03. The lowest BCUT2D eigenvalue weighted by molar-refractivity contribution is 0.0997. The molecule has 3 N–H and O–H groups in total. The third-order valence-electron chi connectivity index (χ3n) is 3.49. The van der Waals surface area contributed by atoms with Crippen LogP contribution in [0.1, 0.15) is 10.6 Å². The van der Waals surface area contributed by atoms with E-state index in [-0.39, 0.29) is 10.8 Å². The summed E-state index contributed by atoms with van der Waals surface area (Å²) in [4.78, 5) is 12.4. The van der Waals surface area contributed by atoms with Crippen LogP contribution in [-0.2, 0) is 0 Å². The summed E-state index contributed by atoms with van der Waals surface area (Å²) < 4.78 is 10.8. The van der Waals surface area contributed by atoms with Crippen LogP contribution in [0.3, 0.4) is 0 Å². The Balaban J connectivity index is 1.84. The topological polar surface area (TPSA) is 77.5 Å². The zero-order valence-electron chi connectivity index (χ0n) is 13.2. The lowest BCUT2D eigenvalue weighted by Crippen LogP contribution is -2.12. The number of rotatable bonds is 4. The van der Waals surface area contributed by atoms with E-state index in [1.807, 2.05) is 12.1 Å². The molecule has 5 nitrogen and oxygen atoms in total. The molecule has 1 amide bonds. The zero-order chi connectivity index (χ0) is 18.0. The molecular weight excluding hydrogens is 363 g/mol. The van der Waals surface area contributed by atoms with Gasteiger partial charge in [-0.05, 0) is 42.5 Å². The standard InChI is InChI=1S/C18H14Cl2N2O3/c1-24-16-9-12(21)8-13(20)17(16)22-18(23)15-7-6-14(25-15)10-2-4-11(19)5-3-10/h2-9H,21H2,1H3,(H,22,23). The molecule has 0 fully saturated rings. The molecule has 0 saturated carbocycles. The van der Waals surface area contributed by atoms with Gasteiger partial charge < -0.3 is 20.2 Å². The summed E-state index contributed by atoms with van der Waals surface area (Å²) in [6.07, 6.45) is 0. The molecule has 1 aromatic heterocycles. The largest absolute Gasteiger partial charge is 0.494 e. The molecule has 128 valence electrons. The molecule has 0 atom stereocenters. The van der Waals surface area contributed by atoms with Crippen molar-refractivity contribution in [2.24, 2.45) is 0 Å². The van der Waals surface area contributed by atoms with Crippen LogP contribution >= 0.6 is 23.2 Å². The number of benzene rings is 2. The molecule has 0 radical (unpaired) electrons. The fraction of sp³-hybridized carbons (Fsp3) is 0.0556. The molecular formula is C18H14Cl2N2O3. The van der Waals surface area contributed by atoms with Gasteiger partial charge in [-0.25, -0.2) is 0 Å². The second-order valence-electron chi connectivity index (χ2n) is 5.20. The van der Waals surface area contributed by atoms with Gasteiger partial charge in [-0.1, -0.05) is 23.2 Å². The Morgan fingerprint density at radius 2 is 1.84 bits per heavy atom. The van der Waals surface area contributed by atoms with E-state index in [1.165, 1.54) is 13.2 Å². The first kappa shape index (κ1) is 17.2. The summed E-state index contributed by atoms with van der Waals surface area (Å²) in [5.41, 5.74) is 7.29. The average Bonchev–Trinajstić information content (AvgIpc) is 3.07. The number of nitrogens with two attached hydrogens (primary N) is 1. The number of hydrogen-bond acceptors (Lipinski definition) is 4. The molecule has 0 saturated heterocycles. The van der Waals surface area contributed by atoms with Gasteiger partial charge in [-0.2, -0.15) is 0 Å². The highest BCUT2D eigenvalue weighted by atomic mass is 35.5. The SMILES string of the molecule is COc1cc(N)cc(Cl)c1NC(=O)c1ccc(-c2ccc(Cl)cc2)o1. The van der Waals surface area contributed by atoms with Crippen LogP contribution in [0.25, 0.3) is 11.3 Å². The lowest BCUT2D eigenvalue weighted by Gasteiger charge is -2.12. The third-order valence-corrected chi connectivity index (χ3v) is 4.04. The van der Waals surface area contributed by atoms with Gasteiger partial charge in [0.1, 0.15) is 17.2 Å². The number of carbonyl (C=O) groups is 1. The highest BCUT2D eigenvalue weighted by molar-refractivity contribution is 6.34. The van der Waals surface area contributed by atoms with Gasteiger partial charge >= 0.3 is 0 Å².